The molecular weight excluding hydrogens is 946 g/mol. The fourth-order valence-electron chi connectivity index (χ4n) is 7.51. The number of rotatable bonds is 20. The van der Waals surface area contributed by atoms with E-state index in [1.807, 2.05) is 78.9 Å². The average Bonchev–Trinajstić information content (AvgIpc) is 3.38. The topological polar surface area (TPSA) is 152 Å². The van der Waals surface area contributed by atoms with Gasteiger partial charge in [0, 0.05) is 68.0 Å². The van der Waals surface area contributed by atoms with Crippen LogP contribution in [0.3, 0.4) is 0 Å². The molecule has 0 aromatic heterocycles. The van der Waals surface area contributed by atoms with Gasteiger partial charge in [0.2, 0.25) is 5.78 Å². The summed E-state index contributed by atoms with van der Waals surface area (Å²) in [7, 11) is 0. The first-order valence-electron chi connectivity index (χ1n) is 22.5. The van der Waals surface area contributed by atoms with Crippen LogP contribution >= 0.6 is 35.1 Å². The Hall–Kier alpha value is -7.06. The van der Waals surface area contributed by atoms with Crippen molar-refractivity contribution >= 4 is 76.3 Å². The molecule has 14 heteroatoms. The van der Waals surface area contributed by atoms with Crippen LogP contribution in [-0.4, -0.2) is 53.5 Å². The summed E-state index contributed by atoms with van der Waals surface area (Å²) in [5.41, 5.74) is 4.20. The number of benzene rings is 6. The highest BCUT2D eigenvalue weighted by Gasteiger charge is 2.32. The van der Waals surface area contributed by atoms with Crippen molar-refractivity contribution in [1.29, 1.82) is 0 Å². The minimum Gasteiger partial charge on any atom is -0.462 e. The van der Waals surface area contributed by atoms with Crippen molar-refractivity contribution in [2.24, 2.45) is 17.0 Å². The van der Waals surface area contributed by atoms with E-state index in [9.17, 15) is 28.8 Å². The Morgan fingerprint density at radius 1 is 0.657 bits per heavy atom. The number of nitrogens with zero attached hydrogens (tertiary/aromatic N) is 1. The minimum absolute atomic E-state index is 0.135. The summed E-state index contributed by atoms with van der Waals surface area (Å²) in [5, 5.41) is 4.50. The van der Waals surface area contributed by atoms with Gasteiger partial charge in [0.25, 0.3) is 0 Å². The van der Waals surface area contributed by atoms with Gasteiger partial charge in [-0.2, -0.15) is 0 Å². The molecule has 0 atom stereocenters. The van der Waals surface area contributed by atoms with Crippen molar-refractivity contribution in [3.8, 4) is 22.6 Å². The second-order valence-electron chi connectivity index (χ2n) is 16.2. The van der Waals surface area contributed by atoms with Gasteiger partial charge in [-0.3, -0.25) is 19.2 Å². The van der Waals surface area contributed by atoms with Crippen LogP contribution in [-0.2, 0) is 35.2 Å². The van der Waals surface area contributed by atoms with Crippen LogP contribution in [0, 0.1) is 11.8 Å². The van der Waals surface area contributed by atoms with Crippen LogP contribution in [0.2, 0.25) is 5.02 Å². The quantitative estimate of drug-likeness (QED) is 0.0105. The van der Waals surface area contributed by atoms with Crippen molar-refractivity contribution in [1.82, 2.24) is 0 Å². The highest BCUT2D eigenvalue weighted by atomic mass is 35.5. The van der Waals surface area contributed by atoms with Crippen LogP contribution < -0.4 is 9.47 Å². The summed E-state index contributed by atoms with van der Waals surface area (Å²) in [6.45, 7) is 4.83. The number of carbonyl (C=O) groups excluding carboxylic acids is 6. The third kappa shape index (κ3) is 14.7. The summed E-state index contributed by atoms with van der Waals surface area (Å²) in [6, 6.07) is 43.3. The molecule has 6 aromatic carbocycles. The fourth-order valence-corrected chi connectivity index (χ4v) is 9.31. The Morgan fingerprint density at radius 2 is 1.21 bits per heavy atom. The van der Waals surface area contributed by atoms with Gasteiger partial charge in [-0.15, -0.1) is 11.8 Å². The number of carbonyl (C=O) groups is 6. The molecule has 0 radical (unpaired) electrons. The number of thioether (sulfide) groups is 1. The van der Waals surface area contributed by atoms with Crippen LogP contribution in [0.15, 0.2) is 178 Å². The van der Waals surface area contributed by atoms with Crippen LogP contribution in [0.5, 0.6) is 11.5 Å². The number of halogens is 1. The molecule has 1 aliphatic rings. The molecule has 1 aliphatic carbocycles. The van der Waals surface area contributed by atoms with Gasteiger partial charge in [0.05, 0.1) is 18.4 Å². The van der Waals surface area contributed by atoms with Crippen LogP contribution in [0.1, 0.15) is 70.9 Å². The number of hydrogen-bond donors (Lipinski definition) is 0. The molecule has 0 saturated heterocycles. The minimum atomic E-state index is -0.616. The zero-order chi connectivity index (χ0) is 49.4. The normalized spacial score (nSPS) is 14.5. The van der Waals surface area contributed by atoms with E-state index in [1.54, 1.807) is 66.7 Å². The lowest BCUT2D eigenvalue weighted by molar-refractivity contribution is -0.145. The second-order valence-corrected chi connectivity index (χ2v) is 19.0. The maximum absolute atomic E-state index is 13.6. The van der Waals surface area contributed by atoms with E-state index in [1.165, 1.54) is 30.4 Å². The van der Waals surface area contributed by atoms with Crippen LogP contribution in [0.4, 0.5) is 0 Å². The van der Waals surface area contributed by atoms with Crippen molar-refractivity contribution in [3.05, 3.63) is 186 Å². The predicted molar refractivity (Wildman–Crippen MR) is 271 cm³/mol. The molecule has 1 saturated carbocycles. The maximum atomic E-state index is 13.6. The summed E-state index contributed by atoms with van der Waals surface area (Å²) in [4.78, 5) is 83.4. The summed E-state index contributed by atoms with van der Waals surface area (Å²) >= 11 is 9.00. The lowest BCUT2D eigenvalue weighted by Crippen LogP contribution is -2.30. The van der Waals surface area contributed by atoms with Gasteiger partial charge >= 0.3 is 23.9 Å². The van der Waals surface area contributed by atoms with E-state index in [-0.39, 0.29) is 54.1 Å². The van der Waals surface area contributed by atoms with Gasteiger partial charge in [-0.25, -0.2) is 9.59 Å². The SMILES string of the molecule is C=CC(=O)OCCc1ccc(OC(=O)C2CCC(C(=O)Oc3ccc(-c4cccc(C(=O)c5ccc(Sc6ccc(C(=O)/C(CCSc7ccc(Cl)cc7)=N/OC(C)=O)cc6)cc5)c4)cc3)CC2)cc1. The molecule has 0 bridgehead atoms. The molecule has 0 heterocycles. The third-order valence-corrected chi connectivity index (χ3v) is 13.6. The fraction of sp³-hybridized carbons (Fsp3) is 0.196. The Labute approximate surface area is 419 Å². The lowest BCUT2D eigenvalue weighted by Gasteiger charge is -2.25. The molecule has 0 spiro atoms. The van der Waals surface area contributed by atoms with Gasteiger partial charge in [0.1, 0.15) is 17.2 Å². The Kier molecular flexibility index (Phi) is 18.1. The number of ketones is 2. The smallest absolute Gasteiger partial charge is 0.331 e. The Balaban J connectivity index is 0.866. The summed E-state index contributed by atoms with van der Waals surface area (Å²) < 4.78 is 16.4. The monoisotopic (exact) mass is 993 g/mol. The molecule has 0 amide bonds. The summed E-state index contributed by atoms with van der Waals surface area (Å²) in [5.74, 6) is -1.52. The second kappa shape index (κ2) is 25.0. The number of ether oxygens (including phenoxy) is 3. The number of hydrogen-bond acceptors (Lipinski definition) is 13. The van der Waals surface area contributed by atoms with Gasteiger partial charge < -0.3 is 19.0 Å². The zero-order valence-corrected chi connectivity index (χ0v) is 40.6. The molecule has 0 unspecified atom stereocenters. The Morgan fingerprint density at radius 3 is 1.79 bits per heavy atom. The highest BCUT2D eigenvalue weighted by molar-refractivity contribution is 7.99. The van der Waals surface area contributed by atoms with E-state index >= 15 is 0 Å². The zero-order valence-electron chi connectivity index (χ0n) is 38.2. The molecule has 1 fully saturated rings. The van der Waals surface area contributed by atoms with Crippen molar-refractivity contribution in [2.45, 2.75) is 60.1 Å². The lowest BCUT2D eigenvalue weighted by atomic mass is 9.82. The van der Waals surface area contributed by atoms with Crippen molar-refractivity contribution in [2.75, 3.05) is 12.4 Å². The van der Waals surface area contributed by atoms with E-state index < -0.39 is 11.9 Å². The molecular formula is C56H48ClNO10S2. The molecule has 6 aromatic rings. The number of oxime groups is 1. The molecule has 7 rings (SSSR count). The van der Waals surface area contributed by atoms with Gasteiger partial charge in [0.15, 0.2) is 5.78 Å². The van der Waals surface area contributed by atoms with Crippen molar-refractivity contribution in [3.63, 3.8) is 0 Å². The van der Waals surface area contributed by atoms with E-state index in [0.717, 1.165) is 37.5 Å². The van der Waals surface area contributed by atoms with Gasteiger partial charge in [-0.1, -0.05) is 77.6 Å². The molecule has 356 valence electrons. The van der Waals surface area contributed by atoms with Crippen LogP contribution in [0.25, 0.3) is 11.1 Å². The molecule has 70 heavy (non-hydrogen) atoms. The van der Waals surface area contributed by atoms with E-state index in [4.69, 9.17) is 30.6 Å². The predicted octanol–water partition coefficient (Wildman–Crippen LogP) is 12.3. The number of Topliss-reactive ketones (excluding diaryl/α,β-unsaturated/α-hetero) is 1. The van der Waals surface area contributed by atoms with E-state index in [2.05, 4.69) is 11.7 Å². The van der Waals surface area contributed by atoms with Gasteiger partial charge in [-0.05, 0) is 146 Å². The first-order chi connectivity index (χ1) is 33.9. The van der Waals surface area contributed by atoms with Crippen molar-refractivity contribution < 1.29 is 47.8 Å². The average molecular weight is 995 g/mol. The molecule has 0 N–H and O–H groups in total. The van der Waals surface area contributed by atoms with E-state index in [0.29, 0.717) is 71.1 Å². The highest BCUT2D eigenvalue weighted by Crippen LogP contribution is 2.33. The first-order valence-corrected chi connectivity index (χ1v) is 24.7. The number of esters is 3. The third-order valence-electron chi connectivity index (χ3n) is 11.3. The Bertz CT molecular complexity index is 2860. The standard InChI is InChI=1S/C56H48ClNO10S2/c1-3-52(60)65-33-31-37-7-21-46(22-8-37)66-55(63)41-9-11-42(12-10-41)56(64)67-47-23-13-38(14-24-47)43-5-4-6-44(35-43)53(61)39-15-25-49(26-16-39)70-50-27-17-40(18-28-50)54(62)51(58-68-36(2)59)32-34-69-48-29-19-45(57)20-30-48/h3-8,13-30,35,41-42H,1,9-12,31-34H2,2H3/b58-51+. The molecule has 11 nitrogen and oxygen atoms in total. The maximum Gasteiger partial charge on any atom is 0.331 e. The first kappa shape index (κ1) is 50.8. The largest absolute Gasteiger partial charge is 0.462 e. The summed E-state index contributed by atoms with van der Waals surface area (Å²) in [6.07, 6.45) is 3.95. The molecule has 0 aliphatic heterocycles.